The molecule has 1 unspecified atom stereocenters. The van der Waals surface area contributed by atoms with Crippen LogP contribution in [0.2, 0.25) is 0 Å². The summed E-state index contributed by atoms with van der Waals surface area (Å²) in [5, 5.41) is 0. The second-order valence-electron chi connectivity index (χ2n) is 8.28. The molecule has 3 aromatic rings. The van der Waals surface area contributed by atoms with Gasteiger partial charge in [-0.25, -0.2) is 4.79 Å². The lowest BCUT2D eigenvalue weighted by molar-refractivity contribution is -0.131. The van der Waals surface area contributed by atoms with Gasteiger partial charge in [0.25, 0.3) is 0 Å². The Balaban J connectivity index is 1.72. The van der Waals surface area contributed by atoms with E-state index in [-0.39, 0.29) is 0 Å². The normalized spacial score (nSPS) is 16.9. The fourth-order valence-corrected chi connectivity index (χ4v) is 4.46. The second kappa shape index (κ2) is 10.6. The maximum atomic E-state index is 13.4. The summed E-state index contributed by atoms with van der Waals surface area (Å²) in [6, 6.07) is 27.5. The predicted molar refractivity (Wildman–Crippen MR) is 131 cm³/mol. The Morgan fingerprint density at radius 1 is 0.912 bits per heavy atom. The number of benzene rings is 3. The molecular formula is C29H30O5. The molecule has 0 N–H and O–H groups in total. The first-order valence-corrected chi connectivity index (χ1v) is 11.5. The Bertz CT molecular complexity index is 1080. The molecule has 0 bridgehead atoms. The first-order chi connectivity index (χ1) is 16.6. The summed E-state index contributed by atoms with van der Waals surface area (Å²) in [6.07, 6.45) is 0.0546. The van der Waals surface area contributed by atoms with E-state index in [9.17, 15) is 4.79 Å². The number of hydrogen-bond donors (Lipinski definition) is 0. The first-order valence-electron chi connectivity index (χ1n) is 11.5. The Morgan fingerprint density at radius 2 is 1.47 bits per heavy atom. The average molecular weight is 459 g/mol. The van der Waals surface area contributed by atoms with Crippen molar-refractivity contribution >= 4 is 5.97 Å². The van der Waals surface area contributed by atoms with Gasteiger partial charge in [-0.2, -0.15) is 0 Å². The number of methoxy groups -OCH3 is 1. The van der Waals surface area contributed by atoms with Crippen LogP contribution in [-0.2, 0) is 19.7 Å². The number of hydrogen-bond acceptors (Lipinski definition) is 5. The molecule has 176 valence electrons. The summed E-state index contributed by atoms with van der Waals surface area (Å²) in [5.74, 6) is 1.25. The minimum absolute atomic E-state index is 0.407. The standard InChI is InChI=1S/C29H30O5/c1-4-32-21(2)27(28(30)34-25-17-15-24(31-3)16-18-25)26-19-29(20-33-26,22-11-7-5-8-12-22)23-13-9-6-10-14-23/h5-18,21H,4,19-20H2,1-3H3/b27-26+. The van der Waals surface area contributed by atoms with Crippen molar-refractivity contribution in [1.29, 1.82) is 0 Å². The largest absolute Gasteiger partial charge is 0.497 e. The number of rotatable bonds is 8. The van der Waals surface area contributed by atoms with Gasteiger partial charge in [0.15, 0.2) is 0 Å². The SMILES string of the molecule is CCOC(C)/C(C(=O)Oc1ccc(OC)cc1)=C1/CC(c2ccccc2)(c2ccccc2)CO1. The molecule has 0 radical (unpaired) electrons. The molecule has 1 aliphatic rings. The molecule has 34 heavy (non-hydrogen) atoms. The number of ether oxygens (including phenoxy) is 4. The highest BCUT2D eigenvalue weighted by atomic mass is 16.5. The molecule has 0 saturated carbocycles. The average Bonchev–Trinajstić information content (AvgIpc) is 3.32. The summed E-state index contributed by atoms with van der Waals surface area (Å²) in [7, 11) is 1.59. The van der Waals surface area contributed by atoms with Crippen LogP contribution in [0.3, 0.4) is 0 Å². The van der Waals surface area contributed by atoms with Crippen LogP contribution in [0.5, 0.6) is 11.5 Å². The molecule has 1 heterocycles. The van der Waals surface area contributed by atoms with Crippen molar-refractivity contribution in [3.05, 3.63) is 107 Å². The van der Waals surface area contributed by atoms with E-state index in [1.807, 2.05) is 50.2 Å². The van der Waals surface area contributed by atoms with E-state index in [1.165, 1.54) is 0 Å². The summed E-state index contributed by atoms with van der Waals surface area (Å²) in [4.78, 5) is 13.4. The fourth-order valence-electron chi connectivity index (χ4n) is 4.46. The fraction of sp³-hybridized carbons (Fsp3) is 0.276. The number of carbonyl (C=O) groups is 1. The van der Waals surface area contributed by atoms with Gasteiger partial charge in [0, 0.05) is 13.0 Å². The second-order valence-corrected chi connectivity index (χ2v) is 8.28. The van der Waals surface area contributed by atoms with Crippen LogP contribution >= 0.6 is 0 Å². The molecule has 1 aliphatic heterocycles. The van der Waals surface area contributed by atoms with Crippen molar-refractivity contribution in [2.75, 3.05) is 20.3 Å². The topological polar surface area (TPSA) is 54.0 Å². The molecule has 0 spiro atoms. The highest BCUT2D eigenvalue weighted by Crippen LogP contribution is 2.45. The van der Waals surface area contributed by atoms with E-state index in [2.05, 4.69) is 24.3 Å². The van der Waals surface area contributed by atoms with E-state index < -0.39 is 17.5 Å². The van der Waals surface area contributed by atoms with Crippen molar-refractivity contribution in [3.63, 3.8) is 0 Å². The molecule has 0 aromatic heterocycles. The Kier molecular flexibility index (Phi) is 7.33. The number of allylic oxidation sites excluding steroid dienone is 1. The van der Waals surface area contributed by atoms with Crippen LogP contribution in [0, 0.1) is 0 Å². The summed E-state index contributed by atoms with van der Waals surface area (Å²) >= 11 is 0. The highest BCUT2D eigenvalue weighted by molar-refractivity contribution is 5.92. The Hall–Kier alpha value is -3.57. The van der Waals surface area contributed by atoms with Crippen LogP contribution in [0.4, 0.5) is 0 Å². The molecule has 4 rings (SSSR count). The summed E-state index contributed by atoms with van der Waals surface area (Å²) < 4.78 is 23.0. The molecule has 0 aliphatic carbocycles. The van der Waals surface area contributed by atoms with Gasteiger partial charge in [0.05, 0.1) is 18.6 Å². The minimum Gasteiger partial charge on any atom is -0.497 e. The van der Waals surface area contributed by atoms with E-state index in [0.717, 1.165) is 11.1 Å². The lowest BCUT2D eigenvalue weighted by atomic mass is 9.73. The zero-order chi connectivity index (χ0) is 24.0. The van der Waals surface area contributed by atoms with Gasteiger partial charge in [0.1, 0.15) is 29.4 Å². The lowest BCUT2D eigenvalue weighted by Gasteiger charge is -2.28. The third-order valence-electron chi connectivity index (χ3n) is 6.22. The predicted octanol–water partition coefficient (Wildman–Crippen LogP) is 5.69. The van der Waals surface area contributed by atoms with Crippen LogP contribution in [0.1, 0.15) is 31.4 Å². The van der Waals surface area contributed by atoms with Gasteiger partial charge in [0.2, 0.25) is 0 Å². The third kappa shape index (κ3) is 4.85. The van der Waals surface area contributed by atoms with Crippen molar-refractivity contribution in [3.8, 4) is 11.5 Å². The zero-order valence-corrected chi connectivity index (χ0v) is 19.8. The zero-order valence-electron chi connectivity index (χ0n) is 19.8. The minimum atomic E-state index is -0.479. The number of carbonyl (C=O) groups excluding carboxylic acids is 1. The molecule has 1 saturated heterocycles. The summed E-state index contributed by atoms with van der Waals surface area (Å²) in [6.45, 7) is 4.65. The van der Waals surface area contributed by atoms with Crippen molar-refractivity contribution in [2.24, 2.45) is 0 Å². The smallest absolute Gasteiger partial charge is 0.345 e. The first kappa shape index (κ1) is 23.6. The van der Waals surface area contributed by atoms with Crippen molar-refractivity contribution < 1.29 is 23.7 Å². The van der Waals surface area contributed by atoms with E-state index in [0.29, 0.717) is 42.5 Å². The van der Waals surface area contributed by atoms with Crippen molar-refractivity contribution in [1.82, 2.24) is 0 Å². The van der Waals surface area contributed by atoms with Gasteiger partial charge in [-0.05, 0) is 49.2 Å². The summed E-state index contributed by atoms with van der Waals surface area (Å²) in [5.41, 5.74) is 2.28. The monoisotopic (exact) mass is 458 g/mol. The van der Waals surface area contributed by atoms with Crippen LogP contribution in [0.25, 0.3) is 0 Å². The van der Waals surface area contributed by atoms with Gasteiger partial charge >= 0.3 is 5.97 Å². The molecule has 3 aromatic carbocycles. The maximum Gasteiger partial charge on any atom is 0.345 e. The quantitative estimate of drug-likeness (QED) is 0.247. The number of esters is 1. The third-order valence-corrected chi connectivity index (χ3v) is 6.22. The molecule has 1 fully saturated rings. The Morgan fingerprint density at radius 3 is 2.00 bits per heavy atom. The maximum absolute atomic E-state index is 13.4. The molecule has 5 nitrogen and oxygen atoms in total. The highest BCUT2D eigenvalue weighted by Gasteiger charge is 2.44. The van der Waals surface area contributed by atoms with Crippen LogP contribution < -0.4 is 9.47 Å². The molecule has 1 atom stereocenters. The van der Waals surface area contributed by atoms with Gasteiger partial charge in [-0.3, -0.25) is 0 Å². The van der Waals surface area contributed by atoms with Gasteiger partial charge < -0.3 is 18.9 Å². The van der Waals surface area contributed by atoms with Crippen LogP contribution in [0.15, 0.2) is 96.3 Å². The van der Waals surface area contributed by atoms with Crippen LogP contribution in [-0.4, -0.2) is 32.4 Å². The van der Waals surface area contributed by atoms with E-state index >= 15 is 0 Å². The van der Waals surface area contributed by atoms with E-state index in [4.69, 9.17) is 18.9 Å². The lowest BCUT2D eigenvalue weighted by Crippen LogP contribution is -2.28. The Labute approximate surface area is 200 Å². The molecular weight excluding hydrogens is 428 g/mol. The van der Waals surface area contributed by atoms with E-state index in [1.54, 1.807) is 31.4 Å². The molecule has 0 amide bonds. The van der Waals surface area contributed by atoms with Gasteiger partial charge in [-0.15, -0.1) is 0 Å². The molecule has 5 heteroatoms. The van der Waals surface area contributed by atoms with Crippen molar-refractivity contribution in [2.45, 2.75) is 31.8 Å². The van der Waals surface area contributed by atoms with Gasteiger partial charge in [-0.1, -0.05) is 60.7 Å².